The Balaban J connectivity index is 1.96. The second-order valence-electron chi connectivity index (χ2n) is 8.12. The minimum absolute atomic E-state index is 0.0441. The fourth-order valence-corrected chi connectivity index (χ4v) is 2.97. The molecule has 0 bridgehead atoms. The molecule has 2 rings (SSSR count). The van der Waals surface area contributed by atoms with E-state index >= 15 is 0 Å². The Kier molecular flexibility index (Phi) is 9.08. The molecule has 4 heteroatoms. The molecule has 1 N–H and O–H groups in total. The van der Waals surface area contributed by atoms with Crippen molar-refractivity contribution in [3.63, 3.8) is 0 Å². The van der Waals surface area contributed by atoms with Gasteiger partial charge in [0.2, 0.25) is 0 Å². The van der Waals surface area contributed by atoms with E-state index in [9.17, 15) is 9.90 Å². The molecule has 0 fully saturated rings. The molecule has 0 aromatic heterocycles. The lowest BCUT2D eigenvalue weighted by Gasteiger charge is -2.20. The number of allylic oxidation sites excluding steroid dienone is 4. The van der Waals surface area contributed by atoms with E-state index in [4.69, 9.17) is 9.47 Å². The van der Waals surface area contributed by atoms with Crippen molar-refractivity contribution in [2.45, 2.75) is 33.6 Å². The Labute approximate surface area is 191 Å². The van der Waals surface area contributed by atoms with E-state index in [0.717, 1.165) is 18.4 Å². The van der Waals surface area contributed by atoms with Gasteiger partial charge in [-0.3, -0.25) is 0 Å². The quantitative estimate of drug-likeness (QED) is 0.191. The first-order valence-electron chi connectivity index (χ1n) is 10.6. The van der Waals surface area contributed by atoms with E-state index in [1.165, 1.54) is 24.8 Å². The Morgan fingerprint density at radius 2 is 1.78 bits per heavy atom. The molecule has 0 spiro atoms. The zero-order valence-electron chi connectivity index (χ0n) is 19.3. The Bertz CT molecular complexity index is 1010. The van der Waals surface area contributed by atoms with Gasteiger partial charge in [0.25, 0.3) is 0 Å². The van der Waals surface area contributed by atoms with Crippen LogP contribution in [0.15, 0.2) is 78.9 Å². The van der Waals surface area contributed by atoms with Gasteiger partial charge in [-0.1, -0.05) is 55.0 Å². The molecule has 0 aliphatic rings. The molecule has 2 aromatic rings. The Hall–Kier alpha value is -3.53. The van der Waals surface area contributed by atoms with Crippen LogP contribution in [0.25, 0.3) is 12.2 Å². The van der Waals surface area contributed by atoms with E-state index < -0.39 is 5.97 Å². The number of phenolic OH excluding ortho intramolecular Hbond substituents is 1. The lowest BCUT2D eigenvalue weighted by atomic mass is 9.84. The lowest BCUT2D eigenvalue weighted by Crippen LogP contribution is -2.08. The SMILES string of the molecule is C=C[C@@](C)(/C=C/c1ccc(OC(=O)C=Cc2ccc(O)c(OC)c2)cc1)CCC=C(C)C. The van der Waals surface area contributed by atoms with Crippen molar-refractivity contribution in [3.8, 4) is 17.2 Å². The summed E-state index contributed by atoms with van der Waals surface area (Å²) in [5.41, 5.74) is 2.97. The van der Waals surface area contributed by atoms with Crippen LogP contribution in [-0.4, -0.2) is 18.2 Å². The molecule has 0 saturated carbocycles. The van der Waals surface area contributed by atoms with E-state index in [1.54, 1.807) is 30.3 Å². The van der Waals surface area contributed by atoms with Crippen molar-refractivity contribution >= 4 is 18.1 Å². The van der Waals surface area contributed by atoms with Gasteiger partial charge in [-0.25, -0.2) is 4.79 Å². The van der Waals surface area contributed by atoms with Gasteiger partial charge < -0.3 is 14.6 Å². The van der Waals surface area contributed by atoms with Gasteiger partial charge in [0, 0.05) is 11.5 Å². The van der Waals surface area contributed by atoms with Crippen LogP contribution < -0.4 is 9.47 Å². The van der Waals surface area contributed by atoms with Crippen LogP contribution in [0.1, 0.15) is 44.7 Å². The van der Waals surface area contributed by atoms with Crippen molar-refractivity contribution in [3.05, 3.63) is 90.0 Å². The summed E-state index contributed by atoms with van der Waals surface area (Å²) < 4.78 is 10.4. The summed E-state index contributed by atoms with van der Waals surface area (Å²) in [6.45, 7) is 10.4. The average molecular weight is 433 g/mol. The van der Waals surface area contributed by atoms with Gasteiger partial charge in [-0.2, -0.15) is 0 Å². The van der Waals surface area contributed by atoms with Crippen LogP contribution in [-0.2, 0) is 4.79 Å². The van der Waals surface area contributed by atoms with Crippen molar-refractivity contribution < 1.29 is 19.4 Å². The van der Waals surface area contributed by atoms with Crippen LogP contribution in [0.3, 0.4) is 0 Å². The maximum absolute atomic E-state index is 12.1. The Morgan fingerprint density at radius 1 is 1.09 bits per heavy atom. The highest BCUT2D eigenvalue weighted by Crippen LogP contribution is 2.29. The number of carbonyl (C=O) groups excluding carboxylic acids is 1. The normalized spacial score (nSPS) is 13.0. The fraction of sp³-hybridized carbons (Fsp3) is 0.250. The smallest absolute Gasteiger partial charge is 0.336 e. The number of ether oxygens (including phenoxy) is 2. The van der Waals surface area contributed by atoms with Crippen LogP contribution in [0.5, 0.6) is 17.2 Å². The largest absolute Gasteiger partial charge is 0.504 e. The summed E-state index contributed by atoms with van der Waals surface area (Å²) in [4.78, 5) is 12.1. The number of hydrogen-bond acceptors (Lipinski definition) is 4. The molecule has 0 unspecified atom stereocenters. The molecule has 0 saturated heterocycles. The molecule has 168 valence electrons. The molecule has 0 radical (unpaired) electrons. The van der Waals surface area contributed by atoms with Gasteiger partial charge in [-0.15, -0.1) is 6.58 Å². The lowest BCUT2D eigenvalue weighted by molar-refractivity contribution is -0.128. The molecule has 4 nitrogen and oxygen atoms in total. The monoisotopic (exact) mass is 432 g/mol. The molecule has 32 heavy (non-hydrogen) atoms. The Morgan fingerprint density at radius 3 is 2.41 bits per heavy atom. The predicted octanol–water partition coefficient (Wildman–Crippen LogP) is 6.97. The molecule has 1 atom stereocenters. The van der Waals surface area contributed by atoms with Crippen LogP contribution >= 0.6 is 0 Å². The minimum atomic E-state index is -0.487. The molecule has 0 heterocycles. The number of rotatable bonds is 10. The van der Waals surface area contributed by atoms with Gasteiger partial charge >= 0.3 is 5.97 Å². The van der Waals surface area contributed by atoms with Crippen molar-refractivity contribution in [1.82, 2.24) is 0 Å². The van der Waals surface area contributed by atoms with Gasteiger partial charge in [0.15, 0.2) is 11.5 Å². The van der Waals surface area contributed by atoms with E-state index in [1.807, 2.05) is 18.2 Å². The minimum Gasteiger partial charge on any atom is -0.504 e. The molecular formula is C28H32O4. The zero-order chi connectivity index (χ0) is 23.6. The van der Waals surface area contributed by atoms with Crippen LogP contribution in [0.2, 0.25) is 0 Å². The summed E-state index contributed by atoms with van der Waals surface area (Å²) >= 11 is 0. The number of aromatic hydroxyl groups is 1. The molecule has 0 aliphatic carbocycles. The maximum Gasteiger partial charge on any atom is 0.336 e. The highest BCUT2D eigenvalue weighted by molar-refractivity contribution is 5.88. The first kappa shape index (κ1) is 24.7. The van der Waals surface area contributed by atoms with Gasteiger partial charge in [0.1, 0.15) is 5.75 Å². The highest BCUT2D eigenvalue weighted by Gasteiger charge is 2.15. The van der Waals surface area contributed by atoms with Crippen molar-refractivity contribution in [2.24, 2.45) is 5.41 Å². The molecule has 0 amide bonds. The number of carbonyl (C=O) groups is 1. The molecule has 2 aromatic carbocycles. The first-order chi connectivity index (χ1) is 15.2. The third-order valence-electron chi connectivity index (χ3n) is 5.07. The zero-order valence-corrected chi connectivity index (χ0v) is 19.3. The van der Waals surface area contributed by atoms with E-state index in [0.29, 0.717) is 17.1 Å². The molecule has 0 aliphatic heterocycles. The second-order valence-corrected chi connectivity index (χ2v) is 8.12. The molecular weight excluding hydrogens is 400 g/mol. The van der Waals surface area contributed by atoms with Crippen LogP contribution in [0.4, 0.5) is 0 Å². The standard InChI is InChI=1S/C28H32O4/c1-6-28(4,18-7-8-21(2)3)19-17-22-9-13-24(14-10-22)32-27(30)16-12-23-11-15-25(29)26(20-23)31-5/h6,8-17,19-20,29H,1,7,18H2,2-5H3/b16-12?,19-17+/t28-/m1/s1. The summed E-state index contributed by atoms with van der Waals surface area (Å²) in [6, 6.07) is 12.2. The fourth-order valence-electron chi connectivity index (χ4n) is 2.97. The van der Waals surface area contributed by atoms with E-state index in [2.05, 4.69) is 45.6 Å². The number of methoxy groups -OCH3 is 1. The third kappa shape index (κ3) is 7.95. The number of hydrogen-bond donors (Lipinski definition) is 1. The summed E-state index contributed by atoms with van der Waals surface area (Å²) in [6.07, 6.45) is 13.4. The summed E-state index contributed by atoms with van der Waals surface area (Å²) in [5.74, 6) is 0.366. The second kappa shape index (κ2) is 11.8. The van der Waals surface area contributed by atoms with Gasteiger partial charge in [-0.05, 0) is 68.2 Å². The summed E-state index contributed by atoms with van der Waals surface area (Å²) in [5, 5.41) is 9.63. The number of phenols is 1. The first-order valence-corrected chi connectivity index (χ1v) is 10.6. The van der Waals surface area contributed by atoms with Gasteiger partial charge in [0.05, 0.1) is 7.11 Å². The van der Waals surface area contributed by atoms with Crippen LogP contribution in [0, 0.1) is 5.41 Å². The topological polar surface area (TPSA) is 55.8 Å². The summed E-state index contributed by atoms with van der Waals surface area (Å²) in [7, 11) is 1.47. The number of benzene rings is 2. The van der Waals surface area contributed by atoms with Crippen molar-refractivity contribution in [2.75, 3.05) is 7.11 Å². The van der Waals surface area contributed by atoms with E-state index in [-0.39, 0.29) is 11.2 Å². The van der Waals surface area contributed by atoms with Crippen molar-refractivity contribution in [1.29, 1.82) is 0 Å². The number of esters is 1. The third-order valence-corrected chi connectivity index (χ3v) is 5.07. The maximum atomic E-state index is 12.1. The highest BCUT2D eigenvalue weighted by atomic mass is 16.5. The average Bonchev–Trinajstić information content (AvgIpc) is 2.78. The predicted molar refractivity (Wildman–Crippen MR) is 132 cm³/mol.